The smallest absolute Gasteiger partial charge is 0.457 e. The fraction of sp³-hybridized carbons (Fsp3) is 0.952. The van der Waals surface area contributed by atoms with Crippen LogP contribution in [0.3, 0.4) is 0 Å². The summed E-state index contributed by atoms with van der Waals surface area (Å²) < 4.78 is 35.4. The van der Waals surface area contributed by atoms with Crippen LogP contribution in [0.4, 0.5) is 0 Å². The molecule has 71 heavy (non-hydrogen) atoms. The number of allylic oxidation sites excluding steroid dienone is 2. The van der Waals surface area contributed by atoms with Gasteiger partial charge in [0, 0.05) is 13.0 Å². The zero-order valence-corrected chi connectivity index (χ0v) is 49.4. The van der Waals surface area contributed by atoms with Crippen molar-refractivity contribution in [2.24, 2.45) is 0 Å². The number of phosphoric ester groups is 1. The monoisotopic (exact) mass is 1030 g/mol. The van der Waals surface area contributed by atoms with Crippen LogP contribution >= 0.6 is 7.82 Å². The first-order valence-corrected chi connectivity index (χ1v) is 32.9. The molecule has 0 heterocycles. The Morgan fingerprint density at radius 1 is 0.423 bits per heavy atom. The summed E-state index contributed by atoms with van der Waals surface area (Å²) in [6.45, 7) is 5.71. The quantitative estimate of drug-likeness (QED) is 0.0213. The van der Waals surface area contributed by atoms with Gasteiger partial charge in [-0.05, 0) is 38.5 Å². The van der Waals surface area contributed by atoms with Crippen molar-refractivity contribution in [3.8, 4) is 0 Å². The molecule has 0 aromatic heterocycles. The van der Waals surface area contributed by atoms with Crippen LogP contribution < -0.4 is 0 Å². The molecule has 0 aliphatic carbocycles. The van der Waals surface area contributed by atoms with E-state index in [1.165, 1.54) is 270 Å². The Bertz CT molecular complexity index is 1150. The lowest BCUT2D eigenvalue weighted by molar-refractivity contribution is -0.870. The average molecular weight is 1030 g/mol. The molecule has 0 saturated heterocycles. The number of esters is 1. The van der Waals surface area contributed by atoms with E-state index in [1.807, 2.05) is 21.1 Å². The number of hydrogen-bond acceptors (Lipinski definition) is 6. The number of rotatable bonds is 60. The lowest BCUT2D eigenvalue weighted by Crippen LogP contribution is -2.37. The SMILES string of the molecule is CCCCCCCCCC/C=C\CCCCCCCCCCCCCCCC(=O)OC(COCCCCCCCCCCCCCCCCCCCCCCCCCC)COP(=O)(O)OCC[N+](C)(C)C. The third-order valence-corrected chi connectivity index (χ3v) is 15.3. The molecule has 8 nitrogen and oxygen atoms in total. The summed E-state index contributed by atoms with van der Waals surface area (Å²) in [4.78, 5) is 23.1. The molecular weight excluding hydrogens is 902 g/mol. The second-order valence-corrected chi connectivity index (χ2v) is 24.3. The van der Waals surface area contributed by atoms with E-state index in [2.05, 4.69) is 26.0 Å². The predicted molar refractivity (Wildman–Crippen MR) is 307 cm³/mol. The molecule has 0 saturated carbocycles. The zero-order chi connectivity index (χ0) is 51.9. The highest BCUT2D eigenvalue weighted by molar-refractivity contribution is 7.47. The molecule has 1 N–H and O–H groups in total. The van der Waals surface area contributed by atoms with Gasteiger partial charge in [0.05, 0.1) is 34.4 Å². The maximum absolute atomic E-state index is 12.8. The van der Waals surface area contributed by atoms with E-state index >= 15 is 0 Å². The van der Waals surface area contributed by atoms with Gasteiger partial charge in [-0.25, -0.2) is 4.57 Å². The topological polar surface area (TPSA) is 91.3 Å². The summed E-state index contributed by atoms with van der Waals surface area (Å²) in [5, 5.41) is 0. The summed E-state index contributed by atoms with van der Waals surface area (Å²) in [5.74, 6) is -0.304. The number of hydrogen-bond donors (Lipinski definition) is 1. The van der Waals surface area contributed by atoms with Crippen LogP contribution in [-0.2, 0) is 27.9 Å². The van der Waals surface area contributed by atoms with Gasteiger partial charge in [0.1, 0.15) is 19.3 Å². The van der Waals surface area contributed by atoms with Crippen LogP contribution in [0.5, 0.6) is 0 Å². The van der Waals surface area contributed by atoms with Gasteiger partial charge >= 0.3 is 13.8 Å². The van der Waals surface area contributed by atoms with Crippen molar-refractivity contribution in [1.82, 2.24) is 0 Å². The summed E-state index contributed by atoms with van der Waals surface area (Å²) in [6.07, 6.45) is 67.2. The van der Waals surface area contributed by atoms with Gasteiger partial charge in [-0.2, -0.15) is 0 Å². The molecular formula is C62H125NO7P+. The Morgan fingerprint density at radius 2 is 0.732 bits per heavy atom. The first kappa shape index (κ1) is 70.2. The first-order valence-electron chi connectivity index (χ1n) is 31.4. The van der Waals surface area contributed by atoms with Crippen molar-refractivity contribution in [3.63, 3.8) is 0 Å². The fourth-order valence-electron chi connectivity index (χ4n) is 9.49. The molecule has 0 aliphatic heterocycles. The van der Waals surface area contributed by atoms with Crippen LogP contribution in [0, 0.1) is 0 Å². The fourth-order valence-corrected chi connectivity index (χ4v) is 10.2. The maximum atomic E-state index is 12.8. The van der Waals surface area contributed by atoms with Crippen LogP contribution in [0.25, 0.3) is 0 Å². The number of ether oxygens (including phenoxy) is 2. The van der Waals surface area contributed by atoms with E-state index in [9.17, 15) is 14.3 Å². The molecule has 0 amide bonds. The zero-order valence-electron chi connectivity index (χ0n) is 48.5. The van der Waals surface area contributed by atoms with Gasteiger partial charge in [-0.3, -0.25) is 13.8 Å². The number of unbranched alkanes of at least 4 members (excludes halogenated alkanes) is 44. The Morgan fingerprint density at radius 3 is 1.07 bits per heavy atom. The van der Waals surface area contributed by atoms with Gasteiger partial charge < -0.3 is 18.9 Å². The van der Waals surface area contributed by atoms with Crippen molar-refractivity contribution in [2.75, 3.05) is 54.1 Å². The van der Waals surface area contributed by atoms with Gasteiger partial charge in [0.15, 0.2) is 0 Å². The summed E-state index contributed by atoms with van der Waals surface area (Å²) in [6, 6.07) is 0. The molecule has 0 rings (SSSR count). The van der Waals surface area contributed by atoms with Crippen LogP contribution in [0.15, 0.2) is 12.2 Å². The average Bonchev–Trinajstić information content (AvgIpc) is 3.33. The Hall–Kier alpha value is -0.760. The van der Waals surface area contributed by atoms with Gasteiger partial charge in [-0.1, -0.05) is 289 Å². The lowest BCUT2D eigenvalue weighted by atomic mass is 10.0. The molecule has 0 bridgehead atoms. The number of carbonyl (C=O) groups is 1. The number of phosphoric acid groups is 1. The molecule has 0 radical (unpaired) electrons. The Labute approximate surface area is 443 Å². The minimum Gasteiger partial charge on any atom is -0.457 e. The minimum atomic E-state index is -4.28. The Balaban J connectivity index is 3.98. The highest BCUT2D eigenvalue weighted by Crippen LogP contribution is 2.43. The molecule has 0 aliphatic rings. The highest BCUT2D eigenvalue weighted by atomic mass is 31.2. The van der Waals surface area contributed by atoms with Crippen LogP contribution in [0.1, 0.15) is 322 Å². The lowest BCUT2D eigenvalue weighted by Gasteiger charge is -2.24. The summed E-state index contributed by atoms with van der Waals surface area (Å²) in [5.41, 5.74) is 0. The van der Waals surface area contributed by atoms with E-state index in [0.29, 0.717) is 24.1 Å². The largest absolute Gasteiger partial charge is 0.472 e. The summed E-state index contributed by atoms with van der Waals surface area (Å²) in [7, 11) is 1.69. The van der Waals surface area contributed by atoms with Gasteiger partial charge in [-0.15, -0.1) is 0 Å². The van der Waals surface area contributed by atoms with Crippen LogP contribution in [-0.4, -0.2) is 75.6 Å². The van der Waals surface area contributed by atoms with Crippen molar-refractivity contribution in [2.45, 2.75) is 328 Å². The minimum absolute atomic E-state index is 0.0930. The maximum Gasteiger partial charge on any atom is 0.472 e. The van der Waals surface area contributed by atoms with E-state index < -0.39 is 13.9 Å². The molecule has 424 valence electrons. The molecule has 0 aromatic carbocycles. The second kappa shape index (κ2) is 55.5. The number of carbonyl (C=O) groups excluding carboxylic acids is 1. The van der Waals surface area contributed by atoms with E-state index in [4.69, 9.17) is 18.5 Å². The van der Waals surface area contributed by atoms with E-state index in [0.717, 1.165) is 32.1 Å². The molecule has 2 unspecified atom stereocenters. The summed E-state index contributed by atoms with van der Waals surface area (Å²) >= 11 is 0. The standard InChI is InChI=1S/C62H124NO7P/c1-6-8-10-12-14-16-18-20-22-24-26-28-30-32-33-35-37-39-41-43-45-47-49-51-53-55-62(64)70-61(60-69-71(65,66)68-58-56-63(3,4)5)59-67-57-54-52-50-48-46-44-42-40-38-36-34-31-29-27-25-23-21-19-17-15-13-11-9-7-2/h24,26,61H,6-23,25,27-60H2,1-5H3/p+1/b26-24-. The van der Waals surface area contributed by atoms with Crippen LogP contribution in [0.2, 0.25) is 0 Å². The molecule has 9 heteroatoms. The molecule has 0 spiro atoms. The molecule has 0 fully saturated rings. The van der Waals surface area contributed by atoms with E-state index in [-0.39, 0.29) is 25.8 Å². The third-order valence-electron chi connectivity index (χ3n) is 14.3. The second-order valence-electron chi connectivity index (χ2n) is 22.8. The number of nitrogens with zero attached hydrogens (tertiary/aromatic N) is 1. The number of quaternary nitrogens is 1. The highest BCUT2D eigenvalue weighted by Gasteiger charge is 2.26. The predicted octanol–water partition coefficient (Wildman–Crippen LogP) is 20.1. The van der Waals surface area contributed by atoms with Crippen molar-refractivity contribution < 1.29 is 37.3 Å². The third kappa shape index (κ3) is 60.0. The van der Waals surface area contributed by atoms with Crippen molar-refractivity contribution >= 4 is 13.8 Å². The van der Waals surface area contributed by atoms with E-state index in [1.54, 1.807) is 0 Å². The number of likely N-dealkylation sites (N-methyl/N-ethyl adjacent to an activating group) is 1. The van der Waals surface area contributed by atoms with Crippen molar-refractivity contribution in [3.05, 3.63) is 12.2 Å². The van der Waals surface area contributed by atoms with Gasteiger partial charge in [0.2, 0.25) is 0 Å². The molecule has 0 aromatic rings. The Kier molecular flexibility index (Phi) is 54.9. The van der Waals surface area contributed by atoms with Crippen molar-refractivity contribution in [1.29, 1.82) is 0 Å². The molecule has 2 atom stereocenters. The normalized spacial score (nSPS) is 13.4. The first-order chi connectivity index (χ1) is 34.6. The van der Waals surface area contributed by atoms with Gasteiger partial charge in [0.25, 0.3) is 0 Å².